The molecule has 1 aliphatic heterocycles. The van der Waals surface area contributed by atoms with Gasteiger partial charge in [-0.05, 0) is 48.0 Å². The highest BCUT2D eigenvalue weighted by molar-refractivity contribution is 6.05. The normalized spacial score (nSPS) is 14.7. The highest BCUT2D eigenvalue weighted by Gasteiger charge is 2.35. The SMILES string of the molecule is COc1ccc([C@H]2CC(c3ccc(OC)cc3OC)=NN2C(=O)CN(C)C(=O)c2cccc(F)c2)cc1. The summed E-state index contributed by atoms with van der Waals surface area (Å²) in [6.45, 7) is -0.238. The van der Waals surface area contributed by atoms with Crippen molar-refractivity contribution in [3.05, 3.63) is 89.2 Å². The zero-order valence-electron chi connectivity index (χ0n) is 21.1. The van der Waals surface area contributed by atoms with Gasteiger partial charge in [-0.25, -0.2) is 9.40 Å². The Kier molecular flexibility index (Phi) is 7.71. The summed E-state index contributed by atoms with van der Waals surface area (Å²) in [6, 6.07) is 17.8. The molecule has 9 heteroatoms. The van der Waals surface area contributed by atoms with Crippen LogP contribution in [0.5, 0.6) is 17.2 Å². The molecule has 0 spiro atoms. The monoisotopic (exact) mass is 505 g/mol. The quantitative estimate of drug-likeness (QED) is 0.456. The molecular weight excluding hydrogens is 477 g/mol. The van der Waals surface area contributed by atoms with Crippen molar-refractivity contribution in [3.8, 4) is 17.2 Å². The van der Waals surface area contributed by atoms with Crippen LogP contribution < -0.4 is 14.2 Å². The smallest absolute Gasteiger partial charge is 0.262 e. The zero-order chi connectivity index (χ0) is 26.5. The highest BCUT2D eigenvalue weighted by atomic mass is 19.1. The van der Waals surface area contributed by atoms with Crippen molar-refractivity contribution < 1.29 is 28.2 Å². The number of halogens is 1. The topological polar surface area (TPSA) is 80.7 Å². The van der Waals surface area contributed by atoms with E-state index in [1.165, 1.54) is 35.2 Å². The summed E-state index contributed by atoms with van der Waals surface area (Å²) in [4.78, 5) is 27.5. The van der Waals surface area contributed by atoms with Crippen molar-refractivity contribution in [1.29, 1.82) is 0 Å². The first kappa shape index (κ1) is 25.7. The van der Waals surface area contributed by atoms with Gasteiger partial charge in [-0.1, -0.05) is 18.2 Å². The highest BCUT2D eigenvalue weighted by Crippen LogP contribution is 2.36. The summed E-state index contributed by atoms with van der Waals surface area (Å²) in [5.74, 6) is 0.533. The fourth-order valence-electron chi connectivity index (χ4n) is 4.21. The summed E-state index contributed by atoms with van der Waals surface area (Å²) in [5, 5.41) is 6.07. The molecule has 0 N–H and O–H groups in total. The molecular formula is C28H28FN3O5. The fourth-order valence-corrected chi connectivity index (χ4v) is 4.21. The van der Waals surface area contributed by atoms with Crippen LogP contribution in [0.3, 0.4) is 0 Å². The van der Waals surface area contributed by atoms with Crippen molar-refractivity contribution >= 4 is 17.5 Å². The molecule has 8 nitrogen and oxygen atoms in total. The van der Waals surface area contributed by atoms with Crippen LogP contribution in [0.1, 0.15) is 33.9 Å². The Morgan fingerprint density at radius 3 is 2.32 bits per heavy atom. The third-order valence-corrected chi connectivity index (χ3v) is 6.18. The van der Waals surface area contributed by atoms with Gasteiger partial charge in [0.15, 0.2) is 0 Å². The molecule has 0 fully saturated rings. The van der Waals surface area contributed by atoms with Gasteiger partial charge in [0.1, 0.15) is 29.6 Å². The molecule has 192 valence electrons. The summed E-state index contributed by atoms with van der Waals surface area (Å²) < 4.78 is 29.7. The number of likely N-dealkylation sites (N-methyl/N-ethyl adjacent to an activating group) is 1. The molecule has 0 radical (unpaired) electrons. The average Bonchev–Trinajstić information content (AvgIpc) is 3.37. The van der Waals surface area contributed by atoms with Crippen molar-refractivity contribution in [2.24, 2.45) is 5.10 Å². The third-order valence-electron chi connectivity index (χ3n) is 6.18. The minimum atomic E-state index is -0.521. The van der Waals surface area contributed by atoms with E-state index in [0.29, 0.717) is 29.4 Å². The number of rotatable bonds is 8. The summed E-state index contributed by atoms with van der Waals surface area (Å²) in [7, 11) is 6.22. The second-order valence-corrected chi connectivity index (χ2v) is 8.52. The number of benzene rings is 3. The summed E-state index contributed by atoms with van der Waals surface area (Å²) in [6.07, 6.45) is 0.433. The third kappa shape index (κ3) is 5.55. The maximum atomic E-state index is 13.6. The van der Waals surface area contributed by atoms with Gasteiger partial charge in [0.25, 0.3) is 11.8 Å². The first-order valence-electron chi connectivity index (χ1n) is 11.6. The number of nitrogens with zero attached hydrogens (tertiary/aromatic N) is 3. The number of amides is 2. The number of hydrazone groups is 1. The molecule has 0 saturated heterocycles. The van der Waals surface area contributed by atoms with E-state index < -0.39 is 17.8 Å². The van der Waals surface area contributed by atoms with Gasteiger partial charge in [0.05, 0.1) is 33.1 Å². The molecule has 2 amide bonds. The Labute approximate surface area is 214 Å². The number of ether oxygens (including phenoxy) is 3. The second-order valence-electron chi connectivity index (χ2n) is 8.52. The van der Waals surface area contributed by atoms with Crippen molar-refractivity contribution in [2.45, 2.75) is 12.5 Å². The zero-order valence-corrected chi connectivity index (χ0v) is 21.1. The minimum Gasteiger partial charge on any atom is -0.497 e. The van der Waals surface area contributed by atoms with Gasteiger partial charge in [0, 0.05) is 30.7 Å². The molecule has 37 heavy (non-hydrogen) atoms. The summed E-state index contributed by atoms with van der Waals surface area (Å²) in [5.41, 5.74) is 2.42. The average molecular weight is 506 g/mol. The predicted molar refractivity (Wildman–Crippen MR) is 137 cm³/mol. The first-order valence-corrected chi connectivity index (χ1v) is 11.6. The Balaban J connectivity index is 1.64. The Bertz CT molecular complexity index is 1330. The molecule has 4 rings (SSSR count). The van der Waals surface area contributed by atoms with Crippen LogP contribution >= 0.6 is 0 Å². The van der Waals surface area contributed by atoms with E-state index in [4.69, 9.17) is 14.2 Å². The van der Waals surface area contributed by atoms with E-state index in [0.717, 1.165) is 17.2 Å². The molecule has 3 aromatic rings. The molecule has 0 aromatic heterocycles. The molecule has 0 aliphatic carbocycles. The number of carbonyl (C=O) groups is 2. The second kappa shape index (κ2) is 11.1. The molecule has 1 atom stereocenters. The van der Waals surface area contributed by atoms with Crippen LogP contribution in [0.4, 0.5) is 4.39 Å². The predicted octanol–water partition coefficient (Wildman–Crippen LogP) is 4.30. The number of hydrogen-bond acceptors (Lipinski definition) is 6. The van der Waals surface area contributed by atoms with Crippen LogP contribution in [0, 0.1) is 5.82 Å². The lowest BCUT2D eigenvalue weighted by molar-refractivity contribution is -0.133. The largest absolute Gasteiger partial charge is 0.497 e. The number of hydrogen-bond donors (Lipinski definition) is 0. The molecule has 3 aromatic carbocycles. The van der Waals surface area contributed by atoms with Crippen LogP contribution in [-0.2, 0) is 4.79 Å². The van der Waals surface area contributed by atoms with Crippen LogP contribution in [0.15, 0.2) is 71.8 Å². The van der Waals surface area contributed by atoms with E-state index in [9.17, 15) is 14.0 Å². The maximum Gasteiger partial charge on any atom is 0.262 e. The number of methoxy groups -OCH3 is 3. The molecule has 1 aliphatic rings. The molecule has 0 unspecified atom stereocenters. The summed E-state index contributed by atoms with van der Waals surface area (Å²) >= 11 is 0. The van der Waals surface area contributed by atoms with Gasteiger partial charge in [-0.15, -0.1) is 0 Å². The van der Waals surface area contributed by atoms with E-state index in [1.54, 1.807) is 33.5 Å². The molecule has 1 heterocycles. The Morgan fingerprint density at radius 1 is 0.973 bits per heavy atom. The van der Waals surface area contributed by atoms with Gasteiger partial charge >= 0.3 is 0 Å². The fraction of sp³-hybridized carbons (Fsp3) is 0.250. The number of carbonyl (C=O) groups excluding carboxylic acids is 2. The minimum absolute atomic E-state index is 0.163. The van der Waals surface area contributed by atoms with Crippen molar-refractivity contribution in [2.75, 3.05) is 34.9 Å². The molecule has 0 bridgehead atoms. The molecule has 0 saturated carbocycles. The lowest BCUT2D eigenvalue weighted by Gasteiger charge is -2.25. The van der Waals surface area contributed by atoms with E-state index >= 15 is 0 Å². The van der Waals surface area contributed by atoms with Crippen molar-refractivity contribution in [3.63, 3.8) is 0 Å². The Morgan fingerprint density at radius 2 is 1.68 bits per heavy atom. The van der Waals surface area contributed by atoms with Crippen LogP contribution in [0.25, 0.3) is 0 Å². The standard InChI is InChI=1S/C28H28FN3O5/c1-31(28(34)19-6-5-7-20(29)14-19)17-27(33)32-25(18-8-10-21(35-2)11-9-18)16-24(30-32)23-13-12-22(36-3)15-26(23)37-4/h5-15,25H,16-17H2,1-4H3/t25-/m1/s1. The van der Waals surface area contributed by atoms with Gasteiger partial charge in [-0.3, -0.25) is 9.59 Å². The van der Waals surface area contributed by atoms with E-state index in [2.05, 4.69) is 5.10 Å². The lowest BCUT2D eigenvalue weighted by atomic mass is 9.97. The van der Waals surface area contributed by atoms with Gasteiger partial charge < -0.3 is 19.1 Å². The van der Waals surface area contributed by atoms with E-state index in [-0.39, 0.29) is 18.0 Å². The lowest BCUT2D eigenvalue weighted by Crippen LogP contribution is -2.39. The van der Waals surface area contributed by atoms with Crippen LogP contribution in [-0.4, -0.2) is 62.4 Å². The van der Waals surface area contributed by atoms with Gasteiger partial charge in [-0.2, -0.15) is 5.10 Å². The van der Waals surface area contributed by atoms with Crippen molar-refractivity contribution in [1.82, 2.24) is 9.91 Å². The van der Waals surface area contributed by atoms with Crippen LogP contribution in [0.2, 0.25) is 0 Å². The van der Waals surface area contributed by atoms with E-state index in [1.807, 2.05) is 30.3 Å². The maximum absolute atomic E-state index is 13.6. The van der Waals surface area contributed by atoms with Gasteiger partial charge in [0.2, 0.25) is 0 Å². The Hall–Kier alpha value is -4.40. The first-order chi connectivity index (χ1) is 17.8.